The van der Waals surface area contributed by atoms with E-state index < -0.39 is 5.97 Å². The van der Waals surface area contributed by atoms with E-state index in [4.69, 9.17) is 10.5 Å². The molecule has 0 heterocycles. The third-order valence-corrected chi connectivity index (χ3v) is 2.68. The predicted octanol–water partition coefficient (Wildman–Crippen LogP) is 2.49. The van der Waals surface area contributed by atoms with Crippen molar-refractivity contribution in [3.05, 3.63) is 48.5 Å². The van der Waals surface area contributed by atoms with Crippen LogP contribution in [0.5, 0.6) is 5.75 Å². The Balaban J connectivity index is 2.06. The fraction of sp³-hybridized carbons (Fsp3) is 0.133. The summed E-state index contributed by atoms with van der Waals surface area (Å²) in [6.45, 7) is -0.0856. The van der Waals surface area contributed by atoms with Crippen LogP contribution in [0, 0.1) is 0 Å². The number of esters is 1. The Morgan fingerprint density at radius 1 is 1.00 bits per heavy atom. The highest BCUT2D eigenvalue weighted by atomic mass is 16.6. The first-order valence-corrected chi connectivity index (χ1v) is 5.84. The zero-order chi connectivity index (χ0) is 13.7. The maximum atomic E-state index is 10.9. The zero-order valence-corrected chi connectivity index (χ0v) is 10.6. The van der Waals surface area contributed by atoms with E-state index in [9.17, 15) is 4.79 Å². The summed E-state index contributed by atoms with van der Waals surface area (Å²) in [6, 6.07) is 15.1. The number of nitrogen functional groups attached to an aromatic ring is 1. The van der Waals surface area contributed by atoms with Gasteiger partial charge in [-0.05, 0) is 35.4 Å². The van der Waals surface area contributed by atoms with Crippen molar-refractivity contribution < 1.29 is 14.3 Å². The van der Waals surface area contributed by atoms with Gasteiger partial charge in [-0.15, -0.1) is 0 Å². The molecule has 4 nitrogen and oxygen atoms in total. The number of rotatable bonds is 4. The maximum Gasteiger partial charge on any atom is 0.343 e. The summed E-state index contributed by atoms with van der Waals surface area (Å²) in [7, 11) is 1.33. The Hall–Kier alpha value is -2.49. The van der Waals surface area contributed by atoms with Gasteiger partial charge in [0.05, 0.1) is 7.11 Å². The second kappa shape index (κ2) is 5.91. The fourth-order valence-corrected chi connectivity index (χ4v) is 1.62. The summed E-state index contributed by atoms with van der Waals surface area (Å²) in [4.78, 5) is 10.9. The smallest absolute Gasteiger partial charge is 0.343 e. The first-order valence-electron chi connectivity index (χ1n) is 5.84. The summed E-state index contributed by atoms with van der Waals surface area (Å²) in [5, 5.41) is 0. The van der Waals surface area contributed by atoms with Crippen molar-refractivity contribution in [3.8, 4) is 16.9 Å². The minimum atomic E-state index is -0.400. The molecule has 0 aliphatic carbocycles. The minimum absolute atomic E-state index is 0.0856. The highest BCUT2D eigenvalue weighted by Crippen LogP contribution is 2.23. The SMILES string of the molecule is COC(=O)COc1ccc(-c2ccc(N)cc2)cc1. The second-order valence-electron chi connectivity index (χ2n) is 4.01. The van der Waals surface area contributed by atoms with Gasteiger partial charge in [0.2, 0.25) is 0 Å². The van der Waals surface area contributed by atoms with Gasteiger partial charge in [-0.25, -0.2) is 4.79 Å². The fourth-order valence-electron chi connectivity index (χ4n) is 1.62. The number of hydrogen-bond donors (Lipinski definition) is 1. The Morgan fingerprint density at radius 3 is 2.05 bits per heavy atom. The molecule has 0 aliphatic heterocycles. The summed E-state index contributed by atoms with van der Waals surface area (Å²) >= 11 is 0. The van der Waals surface area contributed by atoms with Crippen LogP contribution in [0.1, 0.15) is 0 Å². The van der Waals surface area contributed by atoms with Crippen LogP contribution in [-0.4, -0.2) is 19.7 Å². The monoisotopic (exact) mass is 257 g/mol. The van der Waals surface area contributed by atoms with Crippen molar-refractivity contribution in [3.63, 3.8) is 0 Å². The molecule has 0 aromatic heterocycles. The average Bonchev–Trinajstić information content (AvgIpc) is 2.46. The number of carbonyl (C=O) groups is 1. The van der Waals surface area contributed by atoms with Gasteiger partial charge in [0.25, 0.3) is 0 Å². The molecule has 2 rings (SSSR count). The van der Waals surface area contributed by atoms with Gasteiger partial charge in [0, 0.05) is 5.69 Å². The van der Waals surface area contributed by atoms with Gasteiger partial charge in [-0.3, -0.25) is 0 Å². The molecular weight excluding hydrogens is 242 g/mol. The van der Waals surface area contributed by atoms with Crippen LogP contribution >= 0.6 is 0 Å². The van der Waals surface area contributed by atoms with Crippen LogP contribution in [0.15, 0.2) is 48.5 Å². The Morgan fingerprint density at radius 2 is 1.53 bits per heavy atom. The summed E-state index contributed by atoms with van der Waals surface area (Å²) in [6.07, 6.45) is 0. The molecule has 0 aliphatic rings. The van der Waals surface area contributed by atoms with Crippen molar-refractivity contribution in [1.82, 2.24) is 0 Å². The standard InChI is InChI=1S/C15H15NO3/c1-18-15(17)10-19-14-8-4-12(5-9-14)11-2-6-13(16)7-3-11/h2-9H,10,16H2,1H3. The Bertz CT molecular complexity index is 547. The van der Waals surface area contributed by atoms with Crippen molar-refractivity contribution in [2.45, 2.75) is 0 Å². The first-order chi connectivity index (χ1) is 9.19. The second-order valence-corrected chi connectivity index (χ2v) is 4.01. The molecule has 4 heteroatoms. The molecule has 0 fully saturated rings. The van der Waals surface area contributed by atoms with Crippen LogP contribution in [0.2, 0.25) is 0 Å². The summed E-state index contributed by atoms with van der Waals surface area (Å²) in [5.41, 5.74) is 8.52. The zero-order valence-electron chi connectivity index (χ0n) is 10.6. The van der Waals surface area contributed by atoms with E-state index in [1.807, 2.05) is 48.5 Å². The van der Waals surface area contributed by atoms with E-state index in [1.54, 1.807) is 0 Å². The number of hydrogen-bond acceptors (Lipinski definition) is 4. The number of nitrogens with two attached hydrogens (primary N) is 1. The van der Waals surface area contributed by atoms with E-state index in [1.165, 1.54) is 7.11 Å². The molecule has 0 saturated carbocycles. The number of methoxy groups -OCH3 is 1. The van der Waals surface area contributed by atoms with Gasteiger partial charge in [0.1, 0.15) is 5.75 Å². The molecule has 0 spiro atoms. The van der Waals surface area contributed by atoms with E-state index in [0.717, 1.165) is 16.8 Å². The highest BCUT2D eigenvalue weighted by Gasteiger charge is 2.02. The van der Waals surface area contributed by atoms with Crippen LogP contribution in [0.25, 0.3) is 11.1 Å². The van der Waals surface area contributed by atoms with Crippen LogP contribution in [0.4, 0.5) is 5.69 Å². The Labute approximate surface area is 111 Å². The molecule has 2 aromatic carbocycles. The molecule has 0 unspecified atom stereocenters. The van der Waals surface area contributed by atoms with E-state index >= 15 is 0 Å². The number of anilines is 1. The van der Waals surface area contributed by atoms with Gasteiger partial charge in [0.15, 0.2) is 6.61 Å². The van der Waals surface area contributed by atoms with Gasteiger partial charge in [-0.1, -0.05) is 24.3 Å². The lowest BCUT2D eigenvalue weighted by Crippen LogP contribution is -2.12. The molecular formula is C15H15NO3. The van der Waals surface area contributed by atoms with Crippen molar-refractivity contribution in [1.29, 1.82) is 0 Å². The Kier molecular flexibility index (Phi) is 4.03. The average molecular weight is 257 g/mol. The van der Waals surface area contributed by atoms with Crippen LogP contribution in [0.3, 0.4) is 0 Å². The van der Waals surface area contributed by atoms with E-state index in [2.05, 4.69) is 4.74 Å². The van der Waals surface area contributed by atoms with Crippen molar-refractivity contribution >= 4 is 11.7 Å². The van der Waals surface area contributed by atoms with Gasteiger partial charge in [-0.2, -0.15) is 0 Å². The third-order valence-electron chi connectivity index (χ3n) is 2.68. The molecule has 2 N–H and O–H groups in total. The molecule has 98 valence electrons. The number of carbonyl (C=O) groups excluding carboxylic acids is 1. The van der Waals surface area contributed by atoms with E-state index in [-0.39, 0.29) is 6.61 Å². The highest BCUT2D eigenvalue weighted by molar-refractivity contribution is 5.71. The summed E-state index contributed by atoms with van der Waals surface area (Å²) < 4.78 is 9.77. The third kappa shape index (κ3) is 3.48. The quantitative estimate of drug-likeness (QED) is 0.675. The largest absolute Gasteiger partial charge is 0.482 e. The first kappa shape index (κ1) is 13.0. The number of benzene rings is 2. The molecule has 0 bridgehead atoms. The van der Waals surface area contributed by atoms with E-state index in [0.29, 0.717) is 5.75 Å². The van der Waals surface area contributed by atoms with Crippen LogP contribution in [-0.2, 0) is 9.53 Å². The van der Waals surface area contributed by atoms with Gasteiger partial charge >= 0.3 is 5.97 Å². The molecule has 19 heavy (non-hydrogen) atoms. The lowest BCUT2D eigenvalue weighted by molar-refractivity contribution is -0.142. The lowest BCUT2D eigenvalue weighted by atomic mass is 10.1. The maximum absolute atomic E-state index is 10.9. The van der Waals surface area contributed by atoms with Crippen molar-refractivity contribution in [2.75, 3.05) is 19.5 Å². The van der Waals surface area contributed by atoms with Gasteiger partial charge < -0.3 is 15.2 Å². The number of ether oxygens (including phenoxy) is 2. The normalized spacial score (nSPS) is 9.95. The molecule has 0 saturated heterocycles. The molecule has 0 atom stereocenters. The molecule has 0 radical (unpaired) electrons. The molecule has 0 amide bonds. The minimum Gasteiger partial charge on any atom is -0.482 e. The predicted molar refractivity (Wildman–Crippen MR) is 73.8 cm³/mol. The summed E-state index contributed by atoms with van der Waals surface area (Å²) in [5.74, 6) is 0.229. The molecule has 2 aromatic rings. The van der Waals surface area contributed by atoms with Crippen LogP contribution < -0.4 is 10.5 Å². The lowest BCUT2D eigenvalue weighted by Gasteiger charge is -2.06. The topological polar surface area (TPSA) is 61.5 Å². The van der Waals surface area contributed by atoms with Crippen molar-refractivity contribution in [2.24, 2.45) is 0 Å².